The normalized spacial score (nSPS) is 20.9. The van der Waals surface area contributed by atoms with E-state index in [0.29, 0.717) is 19.8 Å². The van der Waals surface area contributed by atoms with Crippen LogP contribution in [0.25, 0.3) is 0 Å². The van der Waals surface area contributed by atoms with Gasteiger partial charge in [0, 0.05) is 0 Å². The van der Waals surface area contributed by atoms with Crippen molar-refractivity contribution in [1.29, 1.82) is 0 Å². The van der Waals surface area contributed by atoms with E-state index >= 15 is 0 Å². The molecule has 0 radical (unpaired) electrons. The molecule has 1 aromatic carbocycles. The summed E-state index contributed by atoms with van der Waals surface area (Å²) in [6.07, 6.45) is -0.0519. The van der Waals surface area contributed by atoms with Crippen molar-refractivity contribution in [3.63, 3.8) is 0 Å². The summed E-state index contributed by atoms with van der Waals surface area (Å²) in [5, 5.41) is 3.27. The van der Waals surface area contributed by atoms with Crippen molar-refractivity contribution in [3.05, 3.63) is 23.8 Å². The van der Waals surface area contributed by atoms with E-state index in [1.807, 2.05) is 25.2 Å². The van der Waals surface area contributed by atoms with Crippen LogP contribution in [0.4, 0.5) is 0 Å². The molecule has 0 saturated carbocycles. The molecule has 1 saturated heterocycles. The molecule has 1 heterocycles. The fourth-order valence-electron chi connectivity index (χ4n) is 2.40. The van der Waals surface area contributed by atoms with E-state index in [2.05, 4.69) is 5.32 Å². The van der Waals surface area contributed by atoms with E-state index < -0.39 is 0 Å². The monoisotopic (exact) mass is 267 g/mol. The lowest BCUT2D eigenvalue weighted by Crippen LogP contribution is -2.39. The molecule has 1 aromatic rings. The molecular formula is C14H21NO4. The Morgan fingerprint density at radius 3 is 2.37 bits per heavy atom. The van der Waals surface area contributed by atoms with Crippen LogP contribution in [0, 0.1) is 0 Å². The molecule has 2 rings (SSSR count). The van der Waals surface area contributed by atoms with Crippen LogP contribution in [0.15, 0.2) is 18.2 Å². The zero-order valence-electron chi connectivity index (χ0n) is 11.6. The number of hydrogen-bond acceptors (Lipinski definition) is 5. The molecular weight excluding hydrogens is 246 g/mol. The largest absolute Gasteiger partial charge is 0.496 e. The van der Waals surface area contributed by atoms with Crippen LogP contribution < -0.4 is 14.8 Å². The molecule has 0 spiro atoms. The predicted octanol–water partition coefficient (Wildman–Crippen LogP) is 1.38. The van der Waals surface area contributed by atoms with Gasteiger partial charge in [0.15, 0.2) is 0 Å². The highest BCUT2D eigenvalue weighted by Gasteiger charge is 2.30. The maximum Gasteiger partial charge on any atom is 0.127 e. The minimum atomic E-state index is -0.0519. The molecule has 5 nitrogen and oxygen atoms in total. The second-order valence-corrected chi connectivity index (χ2v) is 4.33. The third-order valence-corrected chi connectivity index (χ3v) is 3.30. The fraction of sp³-hybridized carbons (Fsp3) is 0.571. The van der Waals surface area contributed by atoms with Crippen LogP contribution in [-0.4, -0.2) is 47.2 Å². The molecule has 0 amide bonds. The quantitative estimate of drug-likeness (QED) is 0.873. The summed E-state index contributed by atoms with van der Waals surface area (Å²) >= 11 is 0. The van der Waals surface area contributed by atoms with Gasteiger partial charge in [-0.25, -0.2) is 0 Å². The van der Waals surface area contributed by atoms with E-state index in [9.17, 15) is 0 Å². The summed E-state index contributed by atoms with van der Waals surface area (Å²) in [7, 11) is 5.21. The predicted molar refractivity (Wildman–Crippen MR) is 71.9 cm³/mol. The first kappa shape index (κ1) is 14.1. The van der Waals surface area contributed by atoms with Crippen LogP contribution in [0.2, 0.25) is 0 Å². The number of benzene rings is 1. The van der Waals surface area contributed by atoms with Gasteiger partial charge < -0.3 is 24.3 Å². The van der Waals surface area contributed by atoms with Gasteiger partial charge in [-0.3, -0.25) is 0 Å². The maximum atomic E-state index is 5.79. The Morgan fingerprint density at radius 1 is 1.21 bits per heavy atom. The second-order valence-electron chi connectivity index (χ2n) is 4.33. The molecule has 5 heteroatoms. The van der Waals surface area contributed by atoms with Crippen molar-refractivity contribution < 1.29 is 18.9 Å². The highest BCUT2D eigenvalue weighted by atomic mass is 16.6. The zero-order valence-corrected chi connectivity index (χ0v) is 11.6. The lowest BCUT2D eigenvalue weighted by Gasteiger charge is -2.32. The Kier molecular flexibility index (Phi) is 5.01. The maximum absolute atomic E-state index is 5.79. The van der Waals surface area contributed by atoms with E-state index in [4.69, 9.17) is 18.9 Å². The van der Waals surface area contributed by atoms with E-state index in [-0.39, 0.29) is 12.1 Å². The molecule has 0 bridgehead atoms. The number of methoxy groups -OCH3 is 2. The standard InChI is InChI=1S/C14H21NO4/c1-15-14(12-9-18-7-8-19-12)13-10(16-2)5-4-6-11(13)17-3/h4-6,12,14-15H,7-9H2,1-3H3. The van der Waals surface area contributed by atoms with Crippen molar-refractivity contribution >= 4 is 0 Å². The molecule has 1 aliphatic heterocycles. The van der Waals surface area contributed by atoms with Gasteiger partial charge in [-0.05, 0) is 19.2 Å². The molecule has 2 atom stereocenters. The van der Waals surface area contributed by atoms with Gasteiger partial charge in [0.05, 0.1) is 45.6 Å². The van der Waals surface area contributed by atoms with Gasteiger partial charge in [0.2, 0.25) is 0 Å². The van der Waals surface area contributed by atoms with Crippen molar-refractivity contribution in [2.45, 2.75) is 12.1 Å². The summed E-state index contributed by atoms with van der Waals surface area (Å²) in [6.45, 7) is 1.82. The average molecular weight is 267 g/mol. The second kappa shape index (κ2) is 6.75. The average Bonchev–Trinajstić information content (AvgIpc) is 2.49. The number of nitrogens with one attached hydrogen (secondary N) is 1. The van der Waals surface area contributed by atoms with Crippen molar-refractivity contribution in [1.82, 2.24) is 5.32 Å². The third kappa shape index (κ3) is 3.00. The molecule has 2 unspecified atom stereocenters. The van der Waals surface area contributed by atoms with E-state index in [1.165, 1.54) is 0 Å². The number of hydrogen-bond donors (Lipinski definition) is 1. The highest BCUT2D eigenvalue weighted by Crippen LogP contribution is 2.36. The SMILES string of the molecule is CNC(c1c(OC)cccc1OC)C1COCCO1. The minimum absolute atomic E-state index is 0.0357. The van der Waals surface area contributed by atoms with Crippen molar-refractivity contribution in [3.8, 4) is 11.5 Å². The zero-order chi connectivity index (χ0) is 13.7. The summed E-state index contributed by atoms with van der Waals surface area (Å²) in [4.78, 5) is 0. The summed E-state index contributed by atoms with van der Waals surface area (Å²) in [5.41, 5.74) is 0.963. The first-order chi connectivity index (χ1) is 9.31. The smallest absolute Gasteiger partial charge is 0.127 e. The Balaban J connectivity index is 2.35. The van der Waals surface area contributed by atoms with Crippen molar-refractivity contribution in [2.24, 2.45) is 0 Å². The molecule has 1 fully saturated rings. The van der Waals surface area contributed by atoms with Gasteiger partial charge in [-0.15, -0.1) is 0 Å². The molecule has 0 aromatic heterocycles. The summed E-state index contributed by atoms with van der Waals surface area (Å²) in [5.74, 6) is 1.57. The van der Waals surface area contributed by atoms with Gasteiger partial charge in [0.1, 0.15) is 17.6 Å². The summed E-state index contributed by atoms with van der Waals surface area (Å²) < 4.78 is 22.2. The number of likely N-dealkylation sites (N-methyl/N-ethyl adjacent to an activating group) is 1. The molecule has 1 aliphatic rings. The third-order valence-electron chi connectivity index (χ3n) is 3.30. The molecule has 1 N–H and O–H groups in total. The van der Waals surface area contributed by atoms with Crippen LogP contribution >= 0.6 is 0 Å². The topological polar surface area (TPSA) is 49.0 Å². The van der Waals surface area contributed by atoms with Crippen LogP contribution in [0.5, 0.6) is 11.5 Å². The first-order valence-corrected chi connectivity index (χ1v) is 6.39. The Bertz CT molecular complexity index is 382. The number of ether oxygens (including phenoxy) is 4. The fourth-order valence-corrected chi connectivity index (χ4v) is 2.40. The molecule has 19 heavy (non-hydrogen) atoms. The first-order valence-electron chi connectivity index (χ1n) is 6.39. The van der Waals surface area contributed by atoms with Gasteiger partial charge in [0.25, 0.3) is 0 Å². The molecule has 106 valence electrons. The van der Waals surface area contributed by atoms with Crippen LogP contribution in [-0.2, 0) is 9.47 Å². The Hall–Kier alpha value is -1.30. The van der Waals surface area contributed by atoms with Crippen LogP contribution in [0.1, 0.15) is 11.6 Å². The lowest BCUT2D eigenvalue weighted by molar-refractivity contribution is -0.102. The van der Waals surface area contributed by atoms with Gasteiger partial charge in [-0.2, -0.15) is 0 Å². The van der Waals surface area contributed by atoms with Crippen molar-refractivity contribution in [2.75, 3.05) is 41.1 Å². The van der Waals surface area contributed by atoms with Crippen LogP contribution in [0.3, 0.4) is 0 Å². The van der Waals surface area contributed by atoms with Gasteiger partial charge in [-0.1, -0.05) is 6.07 Å². The lowest BCUT2D eigenvalue weighted by atomic mass is 9.99. The van der Waals surface area contributed by atoms with E-state index in [1.54, 1.807) is 14.2 Å². The minimum Gasteiger partial charge on any atom is -0.496 e. The Morgan fingerprint density at radius 2 is 1.89 bits per heavy atom. The number of rotatable bonds is 5. The van der Waals surface area contributed by atoms with Gasteiger partial charge >= 0.3 is 0 Å². The highest BCUT2D eigenvalue weighted by molar-refractivity contribution is 5.47. The Labute approximate surface area is 113 Å². The molecule has 0 aliphatic carbocycles. The van der Waals surface area contributed by atoms with E-state index in [0.717, 1.165) is 17.1 Å². The summed E-state index contributed by atoms with van der Waals surface area (Å²) in [6, 6.07) is 5.72.